The van der Waals surface area contributed by atoms with E-state index in [1.165, 1.54) is 23.8 Å². The molecule has 164 valence electrons. The van der Waals surface area contributed by atoms with Crippen LogP contribution in [0.5, 0.6) is 5.75 Å². The van der Waals surface area contributed by atoms with Crippen LogP contribution in [-0.2, 0) is 22.4 Å². The molecule has 1 aliphatic rings. The molecule has 0 bridgehead atoms. The first-order valence-corrected chi connectivity index (χ1v) is 10.5. The smallest absolute Gasteiger partial charge is 0.308 e. The van der Waals surface area contributed by atoms with Crippen molar-refractivity contribution in [2.45, 2.75) is 90.4 Å². The second kappa shape index (κ2) is 9.35. The number of aliphatic hydroxyl groups is 2. The van der Waals surface area contributed by atoms with E-state index in [1.54, 1.807) is 0 Å². The average molecular weight is 408 g/mol. The number of ether oxygens (including phenoxy) is 2. The number of anilines is 1. The molecular formula is C23H37NO5. The van der Waals surface area contributed by atoms with Crippen LogP contribution in [0.1, 0.15) is 75.1 Å². The van der Waals surface area contributed by atoms with Crippen molar-refractivity contribution >= 4 is 11.7 Å². The van der Waals surface area contributed by atoms with Gasteiger partial charge in [-0.15, -0.1) is 0 Å². The molecule has 0 radical (unpaired) electrons. The van der Waals surface area contributed by atoms with Crippen molar-refractivity contribution in [2.75, 3.05) is 19.5 Å². The predicted molar refractivity (Wildman–Crippen MR) is 115 cm³/mol. The predicted octanol–water partition coefficient (Wildman–Crippen LogP) is 3.48. The zero-order chi connectivity index (χ0) is 21.9. The van der Waals surface area contributed by atoms with Crippen molar-refractivity contribution in [3.8, 4) is 5.75 Å². The van der Waals surface area contributed by atoms with E-state index in [-0.39, 0.29) is 18.4 Å². The van der Waals surface area contributed by atoms with E-state index in [2.05, 4.69) is 44.7 Å². The third-order valence-electron chi connectivity index (χ3n) is 5.68. The quantitative estimate of drug-likeness (QED) is 0.543. The lowest BCUT2D eigenvalue weighted by Crippen LogP contribution is -2.25. The van der Waals surface area contributed by atoms with Gasteiger partial charge in [-0.2, -0.15) is 0 Å². The topological polar surface area (TPSA) is 88.0 Å². The molecule has 6 heteroatoms. The fraction of sp³-hybridized carbons (Fsp3) is 0.696. The van der Waals surface area contributed by atoms with E-state index in [0.717, 1.165) is 23.4 Å². The highest BCUT2D eigenvalue weighted by Crippen LogP contribution is 2.47. The third-order valence-corrected chi connectivity index (χ3v) is 5.68. The van der Waals surface area contributed by atoms with E-state index in [1.807, 2.05) is 7.05 Å². The minimum atomic E-state index is -0.909. The number of methoxy groups -OCH3 is 1. The zero-order valence-electron chi connectivity index (χ0n) is 18.9. The first-order chi connectivity index (χ1) is 13.5. The molecule has 0 aromatic heterocycles. The Hall–Kier alpha value is -1.79. The summed E-state index contributed by atoms with van der Waals surface area (Å²) in [5.74, 6) is 0.778. The number of esters is 1. The maximum Gasteiger partial charge on any atom is 0.308 e. The highest BCUT2D eigenvalue weighted by molar-refractivity contribution is 5.70. The van der Waals surface area contributed by atoms with Crippen molar-refractivity contribution in [1.82, 2.24) is 0 Å². The van der Waals surface area contributed by atoms with Gasteiger partial charge in [-0.3, -0.25) is 4.79 Å². The maximum atomic E-state index is 11.3. The van der Waals surface area contributed by atoms with Crippen LogP contribution in [0, 0.1) is 6.92 Å². The number of fused-ring (bicyclic) bond motifs is 1. The first kappa shape index (κ1) is 23.5. The molecule has 2 rings (SSSR count). The molecule has 29 heavy (non-hydrogen) atoms. The molecule has 0 amide bonds. The molecule has 1 aromatic rings. The lowest BCUT2D eigenvalue weighted by molar-refractivity contribution is -0.143. The SMILES string of the molecule is CNc1c(C)c2c(c(CCC(O)CC(O)CC(=O)OC)c1C(C)C)OC(C)(C)C2. The van der Waals surface area contributed by atoms with Crippen molar-refractivity contribution in [3.05, 3.63) is 22.3 Å². The van der Waals surface area contributed by atoms with Crippen LogP contribution in [0.25, 0.3) is 0 Å². The largest absolute Gasteiger partial charge is 0.487 e. The fourth-order valence-corrected chi connectivity index (χ4v) is 4.36. The summed E-state index contributed by atoms with van der Waals surface area (Å²) >= 11 is 0. The average Bonchev–Trinajstić information content (AvgIpc) is 2.95. The highest BCUT2D eigenvalue weighted by atomic mass is 16.5. The summed E-state index contributed by atoms with van der Waals surface area (Å²) in [6.07, 6.45) is 0.409. The Morgan fingerprint density at radius 1 is 1.28 bits per heavy atom. The number of hydrogen-bond acceptors (Lipinski definition) is 6. The van der Waals surface area contributed by atoms with Crippen LogP contribution >= 0.6 is 0 Å². The summed E-state index contributed by atoms with van der Waals surface area (Å²) in [6, 6.07) is 0. The Bertz CT molecular complexity index is 742. The number of aliphatic hydroxyl groups excluding tert-OH is 2. The zero-order valence-corrected chi connectivity index (χ0v) is 18.9. The standard InChI is InChI=1S/C23H37NO5/c1-13(2)20-17(9-8-15(25)10-16(26)11-19(27)28-7)22-18(12-23(4,5)29-22)14(3)21(20)24-6/h13,15-16,24-26H,8-12H2,1-7H3. The molecule has 1 aliphatic heterocycles. The molecule has 1 heterocycles. The monoisotopic (exact) mass is 407 g/mol. The maximum absolute atomic E-state index is 11.3. The van der Waals surface area contributed by atoms with Crippen LogP contribution in [-0.4, -0.2) is 48.1 Å². The molecule has 0 saturated heterocycles. The van der Waals surface area contributed by atoms with E-state index in [4.69, 9.17) is 4.74 Å². The summed E-state index contributed by atoms with van der Waals surface area (Å²) in [7, 11) is 3.24. The van der Waals surface area contributed by atoms with E-state index >= 15 is 0 Å². The lowest BCUT2D eigenvalue weighted by Gasteiger charge is -2.25. The van der Waals surface area contributed by atoms with Gasteiger partial charge in [-0.25, -0.2) is 0 Å². The van der Waals surface area contributed by atoms with Gasteiger partial charge in [0.2, 0.25) is 0 Å². The lowest BCUT2D eigenvalue weighted by atomic mass is 9.85. The van der Waals surface area contributed by atoms with E-state index in [9.17, 15) is 15.0 Å². The molecule has 0 saturated carbocycles. The molecule has 0 aliphatic carbocycles. The second-order valence-electron chi connectivity index (χ2n) is 9.01. The molecular weight excluding hydrogens is 370 g/mol. The van der Waals surface area contributed by atoms with Gasteiger partial charge in [0.15, 0.2) is 0 Å². The van der Waals surface area contributed by atoms with Gasteiger partial charge in [0.25, 0.3) is 0 Å². The normalized spacial score (nSPS) is 16.9. The van der Waals surface area contributed by atoms with Crippen LogP contribution in [0.2, 0.25) is 0 Å². The fourth-order valence-electron chi connectivity index (χ4n) is 4.36. The van der Waals surface area contributed by atoms with Gasteiger partial charge in [0.1, 0.15) is 11.4 Å². The Morgan fingerprint density at radius 3 is 2.48 bits per heavy atom. The van der Waals surface area contributed by atoms with Gasteiger partial charge in [-0.05, 0) is 57.1 Å². The molecule has 6 nitrogen and oxygen atoms in total. The van der Waals surface area contributed by atoms with Gasteiger partial charge in [-0.1, -0.05) is 13.8 Å². The van der Waals surface area contributed by atoms with Crippen molar-refractivity contribution < 1.29 is 24.5 Å². The van der Waals surface area contributed by atoms with Gasteiger partial charge < -0.3 is 25.0 Å². The summed E-state index contributed by atoms with van der Waals surface area (Å²) in [5, 5.41) is 23.8. The molecule has 1 aromatic carbocycles. The van der Waals surface area contributed by atoms with Crippen LogP contribution < -0.4 is 10.1 Å². The van der Waals surface area contributed by atoms with Crippen LogP contribution in [0.4, 0.5) is 5.69 Å². The Morgan fingerprint density at radius 2 is 1.93 bits per heavy atom. The molecule has 0 spiro atoms. The van der Waals surface area contributed by atoms with Gasteiger partial charge >= 0.3 is 5.97 Å². The summed E-state index contributed by atoms with van der Waals surface area (Å²) in [4.78, 5) is 11.3. The molecule has 3 N–H and O–H groups in total. The van der Waals surface area contributed by atoms with E-state index < -0.39 is 18.2 Å². The first-order valence-electron chi connectivity index (χ1n) is 10.5. The number of rotatable bonds is 9. The van der Waals surface area contributed by atoms with Gasteiger partial charge in [0, 0.05) is 30.3 Å². The second-order valence-corrected chi connectivity index (χ2v) is 9.01. The molecule has 2 unspecified atom stereocenters. The van der Waals surface area contributed by atoms with Crippen LogP contribution in [0.15, 0.2) is 0 Å². The van der Waals surface area contributed by atoms with Crippen molar-refractivity contribution in [3.63, 3.8) is 0 Å². The molecule has 2 atom stereocenters. The Labute approximate surface area is 174 Å². The van der Waals surface area contributed by atoms with Crippen molar-refractivity contribution in [2.24, 2.45) is 0 Å². The number of hydrogen-bond donors (Lipinski definition) is 3. The third kappa shape index (κ3) is 5.43. The number of nitrogens with one attached hydrogen (secondary N) is 1. The van der Waals surface area contributed by atoms with Gasteiger partial charge in [0.05, 0.1) is 25.7 Å². The van der Waals surface area contributed by atoms with Crippen LogP contribution in [0.3, 0.4) is 0 Å². The highest BCUT2D eigenvalue weighted by Gasteiger charge is 2.36. The molecule has 0 fully saturated rings. The summed E-state index contributed by atoms with van der Waals surface area (Å²) in [6.45, 7) is 10.7. The number of carbonyl (C=O) groups excluding carboxylic acids is 1. The number of benzene rings is 1. The van der Waals surface area contributed by atoms with Crippen molar-refractivity contribution in [1.29, 1.82) is 0 Å². The Balaban J connectivity index is 2.28. The minimum absolute atomic E-state index is 0.105. The minimum Gasteiger partial charge on any atom is -0.487 e. The Kier molecular flexibility index (Phi) is 7.57. The number of carbonyl (C=O) groups is 1. The summed E-state index contributed by atoms with van der Waals surface area (Å²) < 4.78 is 10.9. The van der Waals surface area contributed by atoms with E-state index in [0.29, 0.717) is 18.8 Å². The summed E-state index contributed by atoms with van der Waals surface area (Å²) in [5.41, 5.74) is 5.72.